The van der Waals surface area contributed by atoms with Gasteiger partial charge in [0.2, 0.25) is 0 Å². The minimum Gasteiger partial charge on any atom is -0.482 e. The van der Waals surface area contributed by atoms with Crippen molar-refractivity contribution >= 4 is 17.5 Å². The summed E-state index contributed by atoms with van der Waals surface area (Å²) < 4.78 is 5.46. The van der Waals surface area contributed by atoms with Crippen molar-refractivity contribution in [3.05, 3.63) is 28.8 Å². The first-order valence-electron chi connectivity index (χ1n) is 7.25. The van der Waals surface area contributed by atoms with Gasteiger partial charge in [0.15, 0.2) is 6.61 Å². The molecule has 1 aromatic carbocycles. The molecule has 5 heteroatoms. The fraction of sp³-hybridized carbons (Fsp3) is 0.562. The van der Waals surface area contributed by atoms with Crippen LogP contribution >= 0.6 is 11.6 Å². The highest BCUT2D eigenvalue weighted by atomic mass is 35.5. The molecule has 1 amide bonds. The van der Waals surface area contributed by atoms with Gasteiger partial charge >= 0.3 is 0 Å². The van der Waals surface area contributed by atoms with Gasteiger partial charge in [0.25, 0.3) is 5.91 Å². The summed E-state index contributed by atoms with van der Waals surface area (Å²) >= 11 is 6.15. The third kappa shape index (κ3) is 6.36. The van der Waals surface area contributed by atoms with E-state index >= 15 is 0 Å². The molecule has 0 aliphatic heterocycles. The second kappa shape index (κ2) is 8.25. The van der Waals surface area contributed by atoms with E-state index in [0.717, 1.165) is 12.0 Å². The Bertz CT molecular complexity index is 475. The van der Waals surface area contributed by atoms with E-state index in [1.165, 1.54) is 0 Å². The molecular weight excluding hydrogens is 288 g/mol. The van der Waals surface area contributed by atoms with E-state index in [4.69, 9.17) is 22.1 Å². The summed E-state index contributed by atoms with van der Waals surface area (Å²) in [6.45, 7) is 7.99. The van der Waals surface area contributed by atoms with Gasteiger partial charge in [0, 0.05) is 12.1 Å². The highest BCUT2D eigenvalue weighted by molar-refractivity contribution is 6.32. The van der Waals surface area contributed by atoms with Crippen LogP contribution in [0.2, 0.25) is 5.02 Å². The summed E-state index contributed by atoms with van der Waals surface area (Å²) in [5.41, 5.74) is 6.81. The number of rotatable bonds is 7. The van der Waals surface area contributed by atoms with Gasteiger partial charge in [-0.05, 0) is 43.9 Å². The predicted molar refractivity (Wildman–Crippen MR) is 86.7 cm³/mol. The zero-order valence-corrected chi connectivity index (χ0v) is 13.9. The van der Waals surface area contributed by atoms with E-state index in [0.29, 0.717) is 16.7 Å². The largest absolute Gasteiger partial charge is 0.482 e. The minimum atomic E-state index is -0.146. The first-order chi connectivity index (χ1) is 9.79. The van der Waals surface area contributed by atoms with Crippen LogP contribution in [0.15, 0.2) is 18.2 Å². The number of carbonyl (C=O) groups is 1. The number of hydrogen-bond donors (Lipinski definition) is 2. The first-order valence-corrected chi connectivity index (χ1v) is 7.63. The molecule has 21 heavy (non-hydrogen) atoms. The number of nitrogens with one attached hydrogen (secondary N) is 1. The molecule has 0 saturated carbocycles. The summed E-state index contributed by atoms with van der Waals surface area (Å²) in [7, 11) is 0. The second-order valence-electron chi connectivity index (χ2n) is 5.84. The number of benzene rings is 1. The lowest BCUT2D eigenvalue weighted by Crippen LogP contribution is -2.38. The Morgan fingerprint density at radius 2 is 2.00 bits per heavy atom. The van der Waals surface area contributed by atoms with Crippen LogP contribution in [0.1, 0.15) is 33.3 Å². The molecule has 0 radical (unpaired) electrons. The van der Waals surface area contributed by atoms with Crippen molar-refractivity contribution in [3.8, 4) is 5.75 Å². The third-order valence-corrected chi connectivity index (χ3v) is 3.60. The molecule has 0 fully saturated rings. The Morgan fingerprint density at radius 1 is 1.33 bits per heavy atom. The van der Waals surface area contributed by atoms with Gasteiger partial charge in [-0.25, -0.2) is 0 Å². The van der Waals surface area contributed by atoms with Crippen molar-refractivity contribution in [2.45, 2.75) is 46.2 Å². The molecule has 0 spiro atoms. The van der Waals surface area contributed by atoms with E-state index < -0.39 is 0 Å². The fourth-order valence-corrected chi connectivity index (χ4v) is 2.02. The van der Waals surface area contributed by atoms with Crippen molar-refractivity contribution in [1.82, 2.24) is 5.32 Å². The first kappa shape index (κ1) is 17.8. The molecule has 4 nitrogen and oxygen atoms in total. The lowest BCUT2D eigenvalue weighted by atomic mass is 10.1. The molecule has 118 valence electrons. The normalized spacial score (nSPS) is 13.9. The van der Waals surface area contributed by atoms with Crippen LogP contribution in [0.3, 0.4) is 0 Å². The average molecular weight is 313 g/mol. The zero-order chi connectivity index (χ0) is 16.0. The number of carbonyl (C=O) groups excluding carboxylic acids is 1. The fourth-order valence-electron chi connectivity index (χ4n) is 1.77. The Kier molecular flexibility index (Phi) is 6.99. The summed E-state index contributed by atoms with van der Waals surface area (Å²) in [5, 5.41) is 3.38. The van der Waals surface area contributed by atoms with Crippen LogP contribution in [0, 0.1) is 5.92 Å². The van der Waals surface area contributed by atoms with Gasteiger partial charge in [-0.2, -0.15) is 0 Å². The highest BCUT2D eigenvalue weighted by Gasteiger charge is 2.12. The molecule has 0 aromatic heterocycles. The molecule has 3 N–H and O–H groups in total. The topological polar surface area (TPSA) is 64.3 Å². The quantitative estimate of drug-likeness (QED) is 0.813. The van der Waals surface area contributed by atoms with Crippen molar-refractivity contribution in [2.24, 2.45) is 11.7 Å². The molecular formula is C16H25ClN2O2. The number of ether oxygens (including phenoxy) is 1. The van der Waals surface area contributed by atoms with Crippen molar-refractivity contribution in [1.29, 1.82) is 0 Å². The lowest BCUT2D eigenvalue weighted by molar-refractivity contribution is -0.123. The molecule has 0 aliphatic carbocycles. The maximum absolute atomic E-state index is 11.8. The standard InChI is InChI=1S/C16H25ClN2O2/c1-10(2)12(4)19-16(20)9-21-15-6-5-13(7-11(3)18)8-14(15)17/h5-6,8,10-12H,7,9,18H2,1-4H3,(H,19,20). The van der Waals surface area contributed by atoms with Crippen LogP contribution in [0.4, 0.5) is 0 Å². The van der Waals surface area contributed by atoms with Gasteiger partial charge in [-0.3, -0.25) is 4.79 Å². The van der Waals surface area contributed by atoms with E-state index in [-0.39, 0.29) is 24.6 Å². The van der Waals surface area contributed by atoms with Gasteiger partial charge in [0.05, 0.1) is 5.02 Å². The summed E-state index contributed by atoms with van der Waals surface area (Å²) in [6.07, 6.45) is 0.756. The highest BCUT2D eigenvalue weighted by Crippen LogP contribution is 2.25. The molecule has 0 bridgehead atoms. The van der Waals surface area contributed by atoms with E-state index in [1.54, 1.807) is 6.07 Å². The zero-order valence-electron chi connectivity index (χ0n) is 13.2. The van der Waals surface area contributed by atoms with Crippen molar-refractivity contribution in [3.63, 3.8) is 0 Å². The van der Waals surface area contributed by atoms with Gasteiger partial charge in [-0.1, -0.05) is 31.5 Å². The van der Waals surface area contributed by atoms with E-state index in [2.05, 4.69) is 19.2 Å². The maximum Gasteiger partial charge on any atom is 0.258 e. The molecule has 1 rings (SSSR count). The smallest absolute Gasteiger partial charge is 0.258 e. The minimum absolute atomic E-state index is 0.0383. The molecule has 2 atom stereocenters. The summed E-state index contributed by atoms with van der Waals surface area (Å²) in [5.74, 6) is 0.749. The van der Waals surface area contributed by atoms with Crippen LogP contribution in [0.5, 0.6) is 5.75 Å². The van der Waals surface area contributed by atoms with Crippen LogP contribution in [0.25, 0.3) is 0 Å². The van der Waals surface area contributed by atoms with Crippen LogP contribution in [-0.2, 0) is 11.2 Å². The Balaban J connectivity index is 2.54. The lowest BCUT2D eigenvalue weighted by Gasteiger charge is -2.17. The van der Waals surface area contributed by atoms with Crippen LogP contribution in [-0.4, -0.2) is 24.6 Å². The van der Waals surface area contributed by atoms with Gasteiger partial charge in [0.1, 0.15) is 5.75 Å². The SMILES string of the molecule is CC(N)Cc1ccc(OCC(=O)NC(C)C(C)C)c(Cl)c1. The molecule has 1 aromatic rings. The number of nitrogens with two attached hydrogens (primary N) is 1. The summed E-state index contributed by atoms with van der Waals surface area (Å²) in [4.78, 5) is 11.8. The van der Waals surface area contributed by atoms with E-state index in [9.17, 15) is 4.79 Å². The Morgan fingerprint density at radius 3 is 2.52 bits per heavy atom. The van der Waals surface area contributed by atoms with Crippen LogP contribution < -0.4 is 15.8 Å². The Hall–Kier alpha value is -1.26. The molecule has 0 saturated heterocycles. The maximum atomic E-state index is 11.8. The Labute approximate surface area is 132 Å². The molecule has 0 aliphatic rings. The number of hydrogen-bond acceptors (Lipinski definition) is 3. The number of halogens is 1. The predicted octanol–water partition coefficient (Wildman–Crippen LogP) is 2.77. The van der Waals surface area contributed by atoms with Gasteiger partial charge in [-0.15, -0.1) is 0 Å². The third-order valence-electron chi connectivity index (χ3n) is 3.30. The van der Waals surface area contributed by atoms with Crippen molar-refractivity contribution in [2.75, 3.05) is 6.61 Å². The number of amides is 1. The second-order valence-corrected chi connectivity index (χ2v) is 6.24. The summed E-state index contributed by atoms with van der Waals surface area (Å²) in [6, 6.07) is 5.72. The van der Waals surface area contributed by atoms with Crippen molar-refractivity contribution < 1.29 is 9.53 Å². The van der Waals surface area contributed by atoms with Gasteiger partial charge < -0.3 is 15.8 Å². The molecule has 0 heterocycles. The average Bonchev–Trinajstić information content (AvgIpc) is 2.36. The molecule has 2 unspecified atom stereocenters. The monoisotopic (exact) mass is 312 g/mol. The van der Waals surface area contributed by atoms with E-state index in [1.807, 2.05) is 26.0 Å².